The van der Waals surface area contributed by atoms with Crippen molar-refractivity contribution >= 4 is 0 Å². The smallest absolute Gasteiger partial charge is 0.0900 e. The maximum absolute atomic E-state index is 11.1. The van der Waals surface area contributed by atoms with Gasteiger partial charge in [-0.05, 0) is 62.4 Å². The minimum atomic E-state index is -0.909. The fourth-order valence-corrected chi connectivity index (χ4v) is 5.22. The van der Waals surface area contributed by atoms with Gasteiger partial charge in [-0.2, -0.15) is 0 Å². The molecule has 3 heteroatoms. The average molecular weight is 320 g/mol. The van der Waals surface area contributed by atoms with Crippen LogP contribution in [-0.2, 0) is 4.74 Å². The maximum atomic E-state index is 11.1. The molecule has 1 saturated carbocycles. The van der Waals surface area contributed by atoms with Gasteiger partial charge in [0.15, 0.2) is 0 Å². The lowest BCUT2D eigenvalue weighted by molar-refractivity contribution is -0.117. The number of rotatable bonds is 1. The number of fused-ring (bicyclic) bond motifs is 5. The minimum absolute atomic E-state index is 0.00535. The molecule has 0 radical (unpaired) electrons. The Labute approximate surface area is 140 Å². The van der Waals surface area contributed by atoms with E-state index < -0.39 is 11.7 Å². The van der Waals surface area contributed by atoms with Crippen LogP contribution in [0.5, 0.6) is 0 Å². The summed E-state index contributed by atoms with van der Waals surface area (Å²) in [6.45, 7) is 14.9. The highest BCUT2D eigenvalue weighted by Crippen LogP contribution is 2.54. The summed E-state index contributed by atoms with van der Waals surface area (Å²) >= 11 is 0. The van der Waals surface area contributed by atoms with Crippen LogP contribution in [-0.4, -0.2) is 34.1 Å². The second-order valence-corrected chi connectivity index (χ2v) is 8.58. The molecule has 1 aliphatic carbocycles. The lowest BCUT2D eigenvalue weighted by atomic mass is 9.61. The number of ether oxygens (including phenoxy) is 1. The third-order valence-electron chi connectivity index (χ3n) is 6.58. The first-order valence-electron chi connectivity index (χ1n) is 9.13. The molecular weight excluding hydrogens is 288 g/mol. The van der Waals surface area contributed by atoms with Crippen molar-refractivity contribution in [2.24, 2.45) is 23.7 Å². The molecule has 7 atom stereocenters. The lowest BCUT2D eigenvalue weighted by Crippen LogP contribution is -2.48. The first-order valence-corrected chi connectivity index (χ1v) is 9.13. The molecule has 0 spiro atoms. The zero-order valence-electron chi connectivity index (χ0n) is 14.8. The van der Waals surface area contributed by atoms with Gasteiger partial charge >= 0.3 is 0 Å². The highest BCUT2D eigenvalue weighted by atomic mass is 16.5. The Bertz CT molecular complexity index is 493. The summed E-state index contributed by atoms with van der Waals surface area (Å²) in [5, 5.41) is 21.4. The molecule has 0 aromatic heterocycles. The van der Waals surface area contributed by atoms with Gasteiger partial charge < -0.3 is 14.9 Å². The fourth-order valence-electron chi connectivity index (χ4n) is 5.22. The van der Waals surface area contributed by atoms with Crippen molar-refractivity contribution in [1.29, 1.82) is 0 Å². The molecule has 0 unspecified atom stereocenters. The minimum Gasteiger partial charge on any atom is -0.389 e. The van der Waals surface area contributed by atoms with E-state index in [1.165, 1.54) is 5.57 Å². The predicted octanol–water partition coefficient (Wildman–Crippen LogP) is 3.46. The van der Waals surface area contributed by atoms with Gasteiger partial charge in [0.2, 0.25) is 0 Å². The van der Waals surface area contributed by atoms with Crippen LogP contribution in [0.3, 0.4) is 0 Å². The molecular formula is C20H32O3. The highest BCUT2D eigenvalue weighted by Gasteiger charge is 2.56. The van der Waals surface area contributed by atoms with Crippen molar-refractivity contribution < 1.29 is 14.9 Å². The van der Waals surface area contributed by atoms with Gasteiger partial charge in [0.1, 0.15) is 0 Å². The molecule has 3 aliphatic rings. The van der Waals surface area contributed by atoms with Gasteiger partial charge in [-0.15, -0.1) is 0 Å². The summed E-state index contributed by atoms with van der Waals surface area (Å²) in [6, 6.07) is 0. The van der Waals surface area contributed by atoms with E-state index in [1.807, 2.05) is 6.92 Å². The SMILES string of the molecule is C=C1CC[C@H](C(C)C)[C@@H]2[C@H]1[C@H]1CC(=C)[C@@H](O)CC[C@@](C)(O)[C@@H]2O1. The Kier molecular flexibility index (Phi) is 4.50. The van der Waals surface area contributed by atoms with Crippen molar-refractivity contribution in [1.82, 2.24) is 0 Å². The largest absolute Gasteiger partial charge is 0.389 e. The molecule has 2 aliphatic heterocycles. The van der Waals surface area contributed by atoms with E-state index in [-0.39, 0.29) is 18.1 Å². The van der Waals surface area contributed by atoms with Crippen molar-refractivity contribution in [2.45, 2.75) is 76.8 Å². The highest BCUT2D eigenvalue weighted by molar-refractivity contribution is 5.20. The first-order chi connectivity index (χ1) is 10.7. The lowest BCUT2D eigenvalue weighted by Gasteiger charge is -2.44. The molecule has 130 valence electrons. The summed E-state index contributed by atoms with van der Waals surface area (Å²) in [4.78, 5) is 0. The third-order valence-corrected chi connectivity index (χ3v) is 6.58. The van der Waals surface area contributed by atoms with Crippen LogP contribution in [0.2, 0.25) is 0 Å². The number of hydrogen-bond acceptors (Lipinski definition) is 3. The van der Waals surface area contributed by atoms with Crippen LogP contribution in [0.25, 0.3) is 0 Å². The Morgan fingerprint density at radius 2 is 1.91 bits per heavy atom. The first kappa shape index (κ1) is 17.2. The van der Waals surface area contributed by atoms with Gasteiger partial charge in [-0.1, -0.05) is 32.6 Å². The van der Waals surface area contributed by atoms with Crippen molar-refractivity contribution in [2.75, 3.05) is 0 Å². The molecule has 3 fully saturated rings. The van der Waals surface area contributed by atoms with Crippen LogP contribution in [0, 0.1) is 23.7 Å². The molecule has 23 heavy (non-hydrogen) atoms. The topological polar surface area (TPSA) is 49.7 Å². The molecule has 0 aromatic rings. The van der Waals surface area contributed by atoms with Crippen LogP contribution in [0.15, 0.2) is 24.3 Å². The standard InChI is InChI=1S/C20H32O3/c1-11(2)14-7-6-12(3)17-16-10-13(4)15(21)8-9-20(5,22)19(23-16)18(14)17/h11,14-19,21-22H,3-4,6-10H2,1-2,5H3/t14-,15+,16-,17-,18-,19-,20-/m1/s1. The van der Waals surface area contributed by atoms with Crippen LogP contribution in [0.4, 0.5) is 0 Å². The Hall–Kier alpha value is -0.640. The fraction of sp³-hybridized carbons (Fsp3) is 0.800. The summed E-state index contributed by atoms with van der Waals surface area (Å²) in [6.07, 6.45) is 3.27. The second-order valence-electron chi connectivity index (χ2n) is 8.58. The zero-order chi connectivity index (χ0) is 16.9. The van der Waals surface area contributed by atoms with Crippen molar-refractivity contribution in [3.8, 4) is 0 Å². The van der Waals surface area contributed by atoms with Crippen molar-refractivity contribution in [3.05, 3.63) is 24.3 Å². The molecule has 3 rings (SSSR count). The Morgan fingerprint density at radius 1 is 1.22 bits per heavy atom. The van der Waals surface area contributed by atoms with E-state index in [1.54, 1.807) is 0 Å². The number of aliphatic hydroxyl groups excluding tert-OH is 1. The van der Waals surface area contributed by atoms with E-state index in [2.05, 4.69) is 27.0 Å². The van der Waals surface area contributed by atoms with E-state index in [0.29, 0.717) is 37.0 Å². The van der Waals surface area contributed by atoms with E-state index in [9.17, 15) is 10.2 Å². The summed E-state index contributed by atoms with van der Waals surface area (Å²) in [5.41, 5.74) is 1.19. The van der Waals surface area contributed by atoms with Gasteiger partial charge in [-0.25, -0.2) is 0 Å². The van der Waals surface area contributed by atoms with Gasteiger partial charge in [0.05, 0.1) is 23.9 Å². The third kappa shape index (κ3) is 2.92. The van der Waals surface area contributed by atoms with E-state index >= 15 is 0 Å². The monoisotopic (exact) mass is 320 g/mol. The van der Waals surface area contributed by atoms with Crippen molar-refractivity contribution in [3.63, 3.8) is 0 Å². The van der Waals surface area contributed by atoms with Crippen LogP contribution < -0.4 is 0 Å². The molecule has 0 aromatic carbocycles. The van der Waals surface area contributed by atoms with Crippen LogP contribution >= 0.6 is 0 Å². The van der Waals surface area contributed by atoms with E-state index in [0.717, 1.165) is 18.4 Å². The number of aliphatic hydroxyl groups is 2. The summed E-state index contributed by atoms with van der Waals surface area (Å²) in [5.74, 6) is 1.76. The molecule has 2 N–H and O–H groups in total. The molecule has 2 heterocycles. The summed E-state index contributed by atoms with van der Waals surface area (Å²) in [7, 11) is 0. The van der Waals surface area contributed by atoms with Gasteiger partial charge in [-0.3, -0.25) is 0 Å². The molecule has 3 nitrogen and oxygen atoms in total. The van der Waals surface area contributed by atoms with E-state index in [4.69, 9.17) is 4.74 Å². The quantitative estimate of drug-likeness (QED) is 0.728. The molecule has 2 saturated heterocycles. The van der Waals surface area contributed by atoms with Crippen LogP contribution in [0.1, 0.15) is 52.9 Å². The Morgan fingerprint density at radius 3 is 2.57 bits per heavy atom. The normalized spacial score (nSPS) is 47.9. The zero-order valence-corrected chi connectivity index (χ0v) is 14.8. The maximum Gasteiger partial charge on any atom is 0.0900 e. The predicted molar refractivity (Wildman–Crippen MR) is 92.0 cm³/mol. The molecule has 2 bridgehead atoms. The van der Waals surface area contributed by atoms with Gasteiger partial charge in [0.25, 0.3) is 0 Å². The average Bonchev–Trinajstić information content (AvgIpc) is 2.86. The summed E-state index contributed by atoms with van der Waals surface area (Å²) < 4.78 is 6.43. The molecule has 0 amide bonds. The van der Waals surface area contributed by atoms with Gasteiger partial charge in [0, 0.05) is 5.92 Å². The Balaban J connectivity index is 2.01. The number of hydrogen-bond donors (Lipinski definition) is 2. The second kappa shape index (κ2) is 6.02.